The molecule has 15 heavy (non-hydrogen) atoms. The molecule has 0 aliphatic heterocycles. The molecule has 0 N–H and O–H groups in total. The molecule has 0 aliphatic carbocycles. The number of hydrogen-bond acceptors (Lipinski definition) is 4. The Balaban J connectivity index is 3.89. The molecule has 0 unspecified atom stereocenters. The molecule has 0 spiro atoms. The summed E-state index contributed by atoms with van der Waals surface area (Å²) in [6.45, 7) is 5.62. The van der Waals surface area contributed by atoms with Crippen LogP contribution in [0.1, 0.15) is 39.5 Å². The SMILES string of the molecule is CCCCOP(=S)(OCCCC)SCCl. The summed E-state index contributed by atoms with van der Waals surface area (Å²) >= 11 is 12.5. The monoisotopic (exact) mass is 290 g/mol. The lowest BCUT2D eigenvalue weighted by Crippen LogP contribution is -1.96. The van der Waals surface area contributed by atoms with Gasteiger partial charge in [0.1, 0.15) is 0 Å². The largest absolute Gasteiger partial charge is 0.322 e. The van der Waals surface area contributed by atoms with Crippen LogP contribution in [0.3, 0.4) is 0 Å². The van der Waals surface area contributed by atoms with Crippen LogP contribution >= 0.6 is 28.7 Å². The third-order valence-corrected chi connectivity index (χ3v) is 7.45. The Hall–Kier alpha value is 1.21. The first-order chi connectivity index (χ1) is 7.18. The number of rotatable bonds is 10. The molecule has 6 heteroatoms. The van der Waals surface area contributed by atoms with Gasteiger partial charge in [-0.15, -0.1) is 11.6 Å². The van der Waals surface area contributed by atoms with E-state index >= 15 is 0 Å². The fourth-order valence-corrected chi connectivity index (χ4v) is 5.71. The Morgan fingerprint density at radius 3 is 1.93 bits per heavy atom. The molecule has 0 amide bonds. The Bertz CT molecular complexity index is 179. The van der Waals surface area contributed by atoms with Crippen molar-refractivity contribution in [3.63, 3.8) is 0 Å². The van der Waals surface area contributed by atoms with E-state index in [2.05, 4.69) is 13.8 Å². The van der Waals surface area contributed by atoms with Crippen LogP contribution in [0.15, 0.2) is 0 Å². The Labute approximate surface area is 107 Å². The van der Waals surface area contributed by atoms with Crippen LogP contribution < -0.4 is 0 Å². The van der Waals surface area contributed by atoms with Gasteiger partial charge in [-0.2, -0.15) is 0 Å². The Morgan fingerprint density at radius 1 is 1.13 bits per heavy atom. The quantitative estimate of drug-likeness (QED) is 0.327. The van der Waals surface area contributed by atoms with E-state index in [1.54, 1.807) is 0 Å². The molecule has 0 bridgehead atoms. The Kier molecular flexibility index (Phi) is 11.2. The average molecular weight is 291 g/mol. The van der Waals surface area contributed by atoms with Crippen molar-refractivity contribution in [3.05, 3.63) is 0 Å². The molecular formula is C9H20ClO2PS2. The van der Waals surface area contributed by atoms with Crippen molar-refractivity contribution in [2.75, 3.05) is 18.4 Å². The molecule has 0 atom stereocenters. The van der Waals surface area contributed by atoms with Gasteiger partial charge in [0, 0.05) is 0 Å². The molecule has 0 aromatic carbocycles. The summed E-state index contributed by atoms with van der Waals surface area (Å²) in [5.74, 6) is 0. The van der Waals surface area contributed by atoms with Gasteiger partial charge in [-0.25, -0.2) is 0 Å². The molecule has 0 rings (SSSR count). The highest BCUT2D eigenvalue weighted by atomic mass is 35.5. The fourth-order valence-electron chi connectivity index (χ4n) is 0.813. The average Bonchev–Trinajstić information content (AvgIpc) is 2.19. The number of unbranched alkanes of at least 4 members (excludes halogenated alkanes) is 2. The van der Waals surface area contributed by atoms with Crippen molar-refractivity contribution >= 4 is 40.5 Å². The second-order valence-electron chi connectivity index (χ2n) is 3.06. The maximum Gasteiger partial charge on any atom is 0.248 e. The molecule has 0 aromatic rings. The van der Waals surface area contributed by atoms with Crippen molar-refractivity contribution in [1.82, 2.24) is 0 Å². The van der Waals surface area contributed by atoms with Gasteiger partial charge >= 0.3 is 0 Å². The van der Waals surface area contributed by atoms with Crippen LogP contribution in [0.25, 0.3) is 0 Å². The smallest absolute Gasteiger partial charge is 0.248 e. The van der Waals surface area contributed by atoms with Crippen molar-refractivity contribution in [1.29, 1.82) is 0 Å². The summed E-state index contributed by atoms with van der Waals surface area (Å²) in [4.78, 5) is 0. The number of alkyl halides is 1. The number of halogens is 1. The summed E-state index contributed by atoms with van der Waals surface area (Å²) in [5.41, 5.74) is -2.16. The lowest BCUT2D eigenvalue weighted by Gasteiger charge is -2.20. The normalized spacial score (nSPS) is 11.9. The zero-order chi connectivity index (χ0) is 11.6. The standard InChI is InChI=1S/C9H20ClO2PS2/c1-3-5-7-11-13(14,15-9-10)12-8-6-4-2/h3-9H2,1-2H3. The maximum absolute atomic E-state index is 5.68. The van der Waals surface area contributed by atoms with E-state index in [1.807, 2.05) is 0 Å². The third-order valence-electron chi connectivity index (χ3n) is 1.70. The molecule has 0 saturated heterocycles. The molecule has 92 valence electrons. The van der Waals surface area contributed by atoms with Crippen LogP contribution in [-0.4, -0.2) is 18.4 Å². The van der Waals surface area contributed by atoms with Gasteiger partial charge in [0.25, 0.3) is 0 Å². The maximum atomic E-state index is 5.68. The highest BCUT2D eigenvalue weighted by Gasteiger charge is 2.18. The molecule has 0 fully saturated rings. The molecule has 2 nitrogen and oxygen atoms in total. The number of hydrogen-bond donors (Lipinski definition) is 0. The summed E-state index contributed by atoms with van der Waals surface area (Å²) < 4.78 is 11.3. The van der Waals surface area contributed by atoms with Gasteiger partial charge in [0.2, 0.25) is 5.69 Å². The van der Waals surface area contributed by atoms with Gasteiger partial charge in [0.15, 0.2) is 0 Å². The van der Waals surface area contributed by atoms with Gasteiger partial charge in [-0.1, -0.05) is 38.1 Å². The fraction of sp³-hybridized carbons (Fsp3) is 1.00. The lowest BCUT2D eigenvalue weighted by molar-refractivity contribution is 0.253. The molecule has 0 heterocycles. The van der Waals surface area contributed by atoms with E-state index in [1.165, 1.54) is 11.4 Å². The van der Waals surface area contributed by atoms with E-state index in [4.69, 9.17) is 32.5 Å². The van der Waals surface area contributed by atoms with Crippen LogP contribution in [-0.2, 0) is 20.9 Å². The first-order valence-electron chi connectivity index (χ1n) is 5.28. The molecule has 0 saturated carbocycles. The lowest BCUT2D eigenvalue weighted by atomic mass is 10.4. The van der Waals surface area contributed by atoms with E-state index in [0.717, 1.165) is 25.7 Å². The molecule has 0 aliphatic rings. The predicted octanol–water partition coefficient (Wildman–Crippen LogP) is 4.77. The van der Waals surface area contributed by atoms with Gasteiger partial charge in [-0.05, 0) is 24.6 Å². The zero-order valence-electron chi connectivity index (χ0n) is 9.41. The topological polar surface area (TPSA) is 18.5 Å². The van der Waals surface area contributed by atoms with Gasteiger partial charge in [-0.3, -0.25) is 0 Å². The van der Waals surface area contributed by atoms with Crippen LogP contribution in [0.5, 0.6) is 0 Å². The molecular weight excluding hydrogens is 271 g/mol. The van der Waals surface area contributed by atoms with Crippen molar-refractivity contribution in [3.8, 4) is 0 Å². The van der Waals surface area contributed by atoms with Crippen molar-refractivity contribution in [2.45, 2.75) is 39.5 Å². The first kappa shape index (κ1) is 16.2. The van der Waals surface area contributed by atoms with Crippen LogP contribution in [0, 0.1) is 0 Å². The van der Waals surface area contributed by atoms with E-state index < -0.39 is 5.69 Å². The van der Waals surface area contributed by atoms with Gasteiger partial charge in [0.05, 0.1) is 18.4 Å². The highest BCUT2D eigenvalue weighted by molar-refractivity contribution is 8.68. The van der Waals surface area contributed by atoms with Gasteiger partial charge < -0.3 is 9.05 Å². The first-order valence-corrected chi connectivity index (χ1v) is 10.0. The van der Waals surface area contributed by atoms with Crippen molar-refractivity contribution in [2.24, 2.45) is 0 Å². The van der Waals surface area contributed by atoms with Crippen LogP contribution in [0.4, 0.5) is 0 Å². The van der Waals surface area contributed by atoms with E-state index in [0.29, 0.717) is 18.4 Å². The molecule has 0 radical (unpaired) electrons. The second-order valence-corrected chi connectivity index (χ2v) is 9.95. The highest BCUT2D eigenvalue weighted by Crippen LogP contribution is 2.61. The minimum absolute atomic E-state index is 0.440. The minimum Gasteiger partial charge on any atom is -0.322 e. The van der Waals surface area contributed by atoms with Crippen LogP contribution in [0.2, 0.25) is 0 Å². The molecule has 0 aromatic heterocycles. The minimum atomic E-state index is -2.16. The Morgan fingerprint density at radius 2 is 1.60 bits per heavy atom. The van der Waals surface area contributed by atoms with E-state index in [-0.39, 0.29) is 0 Å². The summed E-state index contributed by atoms with van der Waals surface area (Å²) in [6, 6.07) is 0. The zero-order valence-corrected chi connectivity index (χ0v) is 12.7. The van der Waals surface area contributed by atoms with Crippen molar-refractivity contribution < 1.29 is 9.05 Å². The third kappa shape index (κ3) is 8.96. The predicted molar refractivity (Wildman–Crippen MR) is 74.3 cm³/mol. The second kappa shape index (κ2) is 10.4. The van der Waals surface area contributed by atoms with E-state index in [9.17, 15) is 0 Å². The summed E-state index contributed by atoms with van der Waals surface area (Å²) in [5, 5.41) is 0.440. The summed E-state index contributed by atoms with van der Waals surface area (Å²) in [7, 11) is 0. The summed E-state index contributed by atoms with van der Waals surface area (Å²) in [6.07, 6.45) is 4.27.